The molecule has 0 saturated carbocycles. The van der Waals surface area contributed by atoms with Crippen LogP contribution < -0.4 is 0 Å². The van der Waals surface area contributed by atoms with Gasteiger partial charge in [0.15, 0.2) is 0 Å². The van der Waals surface area contributed by atoms with Crippen molar-refractivity contribution in [3.8, 4) is 0 Å². The second-order valence-corrected chi connectivity index (χ2v) is 5.27. The van der Waals surface area contributed by atoms with Crippen LogP contribution in [0.3, 0.4) is 0 Å². The Morgan fingerprint density at radius 3 is 2.93 bits per heavy atom. The van der Waals surface area contributed by atoms with Crippen LogP contribution in [0.2, 0.25) is 0 Å². The van der Waals surface area contributed by atoms with Gasteiger partial charge in [-0.15, -0.1) is 0 Å². The lowest BCUT2D eigenvalue weighted by Gasteiger charge is -2.25. The quantitative estimate of drug-likeness (QED) is 0.549. The van der Waals surface area contributed by atoms with Crippen molar-refractivity contribution in [2.45, 2.75) is 44.4 Å². The second kappa shape index (κ2) is 5.69. The molecule has 0 amide bonds. The van der Waals surface area contributed by atoms with Gasteiger partial charge >= 0.3 is 0 Å². The lowest BCUT2D eigenvalue weighted by Crippen LogP contribution is -2.09. The number of fused-ring (bicyclic) bond motifs is 1. The Kier molecular flexibility index (Phi) is 4.25. The highest BCUT2D eigenvalue weighted by Crippen LogP contribution is 2.34. The Bertz CT molecular complexity index is 306. The van der Waals surface area contributed by atoms with E-state index in [1.165, 1.54) is 38.5 Å². The summed E-state index contributed by atoms with van der Waals surface area (Å²) in [7, 11) is 0. The summed E-state index contributed by atoms with van der Waals surface area (Å²) in [5.41, 5.74) is 3.24. The SMILES string of the molecule is BrCCCCC1CCCc2ccccc21. The van der Waals surface area contributed by atoms with E-state index in [2.05, 4.69) is 40.2 Å². The van der Waals surface area contributed by atoms with E-state index in [1.807, 2.05) is 0 Å². The molecule has 1 aromatic carbocycles. The molecule has 1 atom stereocenters. The van der Waals surface area contributed by atoms with Crippen molar-refractivity contribution in [3.63, 3.8) is 0 Å². The fraction of sp³-hybridized carbons (Fsp3) is 0.571. The molecule has 0 radical (unpaired) electrons. The molecule has 1 aliphatic carbocycles. The molecule has 82 valence electrons. The van der Waals surface area contributed by atoms with Gasteiger partial charge in [0.1, 0.15) is 0 Å². The van der Waals surface area contributed by atoms with Crippen LogP contribution in [0.5, 0.6) is 0 Å². The molecule has 15 heavy (non-hydrogen) atoms. The number of hydrogen-bond acceptors (Lipinski definition) is 0. The summed E-state index contributed by atoms with van der Waals surface area (Å²) >= 11 is 3.51. The minimum Gasteiger partial charge on any atom is -0.0928 e. The van der Waals surface area contributed by atoms with Crippen LogP contribution in [-0.4, -0.2) is 5.33 Å². The summed E-state index contributed by atoms with van der Waals surface area (Å²) in [6.07, 6.45) is 8.14. The molecule has 0 aliphatic heterocycles. The van der Waals surface area contributed by atoms with Crippen molar-refractivity contribution in [3.05, 3.63) is 35.4 Å². The maximum Gasteiger partial charge on any atom is 0.00313 e. The molecular formula is C14H19Br. The summed E-state index contributed by atoms with van der Waals surface area (Å²) < 4.78 is 0. The topological polar surface area (TPSA) is 0 Å². The fourth-order valence-corrected chi connectivity index (χ4v) is 3.04. The Labute approximate surface area is 101 Å². The van der Waals surface area contributed by atoms with Crippen molar-refractivity contribution < 1.29 is 0 Å². The zero-order chi connectivity index (χ0) is 10.5. The minimum absolute atomic E-state index is 0.842. The van der Waals surface area contributed by atoms with Gasteiger partial charge in [-0.1, -0.05) is 46.6 Å². The Morgan fingerprint density at radius 2 is 2.07 bits per heavy atom. The first kappa shape index (κ1) is 11.2. The van der Waals surface area contributed by atoms with Gasteiger partial charge in [0, 0.05) is 5.33 Å². The highest BCUT2D eigenvalue weighted by atomic mass is 79.9. The third kappa shape index (κ3) is 2.84. The molecule has 0 nitrogen and oxygen atoms in total. The van der Waals surface area contributed by atoms with E-state index in [4.69, 9.17) is 0 Å². The smallest absolute Gasteiger partial charge is 0.00313 e. The lowest BCUT2D eigenvalue weighted by atomic mass is 9.80. The highest BCUT2D eigenvalue weighted by Gasteiger charge is 2.18. The summed E-state index contributed by atoms with van der Waals surface area (Å²) in [6.45, 7) is 0. The molecule has 0 spiro atoms. The predicted octanol–water partition coefficient (Wildman–Crippen LogP) is 4.67. The number of unbranched alkanes of at least 4 members (excludes halogenated alkanes) is 1. The van der Waals surface area contributed by atoms with E-state index >= 15 is 0 Å². The Morgan fingerprint density at radius 1 is 1.20 bits per heavy atom. The minimum atomic E-state index is 0.842. The first-order valence-corrected chi connectivity index (χ1v) is 7.17. The third-order valence-corrected chi connectivity index (χ3v) is 3.99. The lowest BCUT2D eigenvalue weighted by molar-refractivity contribution is 0.503. The molecule has 1 aliphatic rings. The van der Waals surface area contributed by atoms with Crippen LogP contribution >= 0.6 is 15.9 Å². The van der Waals surface area contributed by atoms with Gasteiger partial charge in [-0.3, -0.25) is 0 Å². The zero-order valence-corrected chi connectivity index (χ0v) is 10.8. The molecular weight excluding hydrogens is 248 g/mol. The molecule has 0 aromatic heterocycles. The maximum atomic E-state index is 3.51. The van der Waals surface area contributed by atoms with E-state index in [-0.39, 0.29) is 0 Å². The summed E-state index contributed by atoms with van der Waals surface area (Å²) in [5.74, 6) is 0.842. The number of aryl methyl sites for hydroxylation is 1. The van der Waals surface area contributed by atoms with Crippen LogP contribution in [0, 0.1) is 0 Å². The van der Waals surface area contributed by atoms with Gasteiger partial charge in [0.2, 0.25) is 0 Å². The standard InChI is InChI=1S/C14H19Br/c15-11-4-3-7-13-9-5-8-12-6-1-2-10-14(12)13/h1-2,6,10,13H,3-5,7-9,11H2. The van der Waals surface area contributed by atoms with Crippen LogP contribution in [-0.2, 0) is 6.42 Å². The van der Waals surface area contributed by atoms with Crippen molar-refractivity contribution in [1.82, 2.24) is 0 Å². The number of hydrogen-bond donors (Lipinski definition) is 0. The van der Waals surface area contributed by atoms with Gasteiger partial charge in [-0.2, -0.15) is 0 Å². The van der Waals surface area contributed by atoms with E-state index in [1.54, 1.807) is 11.1 Å². The zero-order valence-electron chi connectivity index (χ0n) is 9.21. The van der Waals surface area contributed by atoms with Crippen LogP contribution in [0.15, 0.2) is 24.3 Å². The molecule has 0 heterocycles. The van der Waals surface area contributed by atoms with E-state index in [9.17, 15) is 0 Å². The Balaban J connectivity index is 2.02. The molecule has 1 unspecified atom stereocenters. The molecule has 0 N–H and O–H groups in total. The molecule has 0 saturated heterocycles. The van der Waals surface area contributed by atoms with Gasteiger partial charge < -0.3 is 0 Å². The largest absolute Gasteiger partial charge is 0.0928 e. The number of benzene rings is 1. The molecule has 2 rings (SSSR count). The summed E-state index contributed by atoms with van der Waals surface area (Å²) in [6, 6.07) is 9.03. The number of alkyl halides is 1. The summed E-state index contributed by atoms with van der Waals surface area (Å²) in [5, 5.41) is 1.15. The second-order valence-electron chi connectivity index (χ2n) is 4.47. The van der Waals surface area contributed by atoms with Gasteiger partial charge in [0.05, 0.1) is 0 Å². The third-order valence-electron chi connectivity index (χ3n) is 3.43. The average Bonchev–Trinajstić information content (AvgIpc) is 2.30. The normalized spacial score (nSPS) is 19.9. The van der Waals surface area contributed by atoms with Crippen LogP contribution in [0.1, 0.15) is 49.1 Å². The van der Waals surface area contributed by atoms with Crippen molar-refractivity contribution >= 4 is 15.9 Å². The first-order valence-electron chi connectivity index (χ1n) is 6.05. The number of rotatable bonds is 4. The highest BCUT2D eigenvalue weighted by molar-refractivity contribution is 9.09. The predicted molar refractivity (Wildman–Crippen MR) is 69.8 cm³/mol. The fourth-order valence-electron chi connectivity index (χ4n) is 2.64. The monoisotopic (exact) mass is 266 g/mol. The van der Waals surface area contributed by atoms with Gasteiger partial charge in [0.25, 0.3) is 0 Å². The van der Waals surface area contributed by atoms with E-state index < -0.39 is 0 Å². The van der Waals surface area contributed by atoms with E-state index in [0.717, 1.165) is 11.2 Å². The van der Waals surface area contributed by atoms with Crippen LogP contribution in [0.25, 0.3) is 0 Å². The van der Waals surface area contributed by atoms with Gasteiger partial charge in [-0.25, -0.2) is 0 Å². The van der Waals surface area contributed by atoms with E-state index in [0.29, 0.717) is 0 Å². The van der Waals surface area contributed by atoms with Crippen molar-refractivity contribution in [2.75, 3.05) is 5.33 Å². The Hall–Kier alpha value is -0.300. The average molecular weight is 267 g/mol. The molecule has 1 heteroatoms. The summed E-state index contributed by atoms with van der Waals surface area (Å²) in [4.78, 5) is 0. The van der Waals surface area contributed by atoms with Crippen LogP contribution in [0.4, 0.5) is 0 Å². The maximum absolute atomic E-state index is 3.51. The first-order chi connectivity index (χ1) is 7.42. The van der Waals surface area contributed by atoms with Gasteiger partial charge in [-0.05, 0) is 49.1 Å². The van der Waals surface area contributed by atoms with Crippen molar-refractivity contribution in [1.29, 1.82) is 0 Å². The number of halogens is 1. The molecule has 0 fully saturated rings. The van der Waals surface area contributed by atoms with Crippen molar-refractivity contribution in [2.24, 2.45) is 0 Å². The molecule has 1 aromatic rings. The molecule has 0 bridgehead atoms.